The van der Waals surface area contributed by atoms with Crippen molar-refractivity contribution in [1.29, 1.82) is 0 Å². The van der Waals surface area contributed by atoms with Gasteiger partial charge in [0, 0.05) is 18.8 Å². The second-order valence-electron chi connectivity index (χ2n) is 6.88. The maximum absolute atomic E-state index is 12.7. The van der Waals surface area contributed by atoms with Gasteiger partial charge in [-0.3, -0.25) is 14.3 Å². The number of hydrogen-bond acceptors (Lipinski definition) is 6. The highest BCUT2D eigenvalue weighted by Crippen LogP contribution is 2.21. The Hall–Kier alpha value is -2.74. The molecule has 0 spiro atoms. The first kappa shape index (κ1) is 17.7. The van der Waals surface area contributed by atoms with Gasteiger partial charge in [0.15, 0.2) is 5.65 Å². The molecular formula is C19H21N5O2S. The van der Waals surface area contributed by atoms with E-state index in [0.29, 0.717) is 27.5 Å². The van der Waals surface area contributed by atoms with Crippen molar-refractivity contribution >= 4 is 29.2 Å². The third-order valence-corrected chi connectivity index (χ3v) is 5.45. The van der Waals surface area contributed by atoms with Crippen LogP contribution in [0.15, 0.2) is 35.4 Å². The number of benzene rings is 1. The fraction of sp³-hybridized carbons (Fsp3) is 0.368. The van der Waals surface area contributed by atoms with E-state index in [1.807, 2.05) is 24.3 Å². The van der Waals surface area contributed by atoms with Gasteiger partial charge in [0.1, 0.15) is 22.1 Å². The summed E-state index contributed by atoms with van der Waals surface area (Å²) in [6.07, 6.45) is 3.79. The molecule has 0 aliphatic carbocycles. The lowest BCUT2D eigenvalue weighted by molar-refractivity contribution is 0.414. The van der Waals surface area contributed by atoms with Crippen LogP contribution in [0.1, 0.15) is 19.8 Å². The lowest BCUT2D eigenvalue weighted by Crippen LogP contribution is -2.35. The van der Waals surface area contributed by atoms with Crippen LogP contribution in [-0.2, 0) is 0 Å². The summed E-state index contributed by atoms with van der Waals surface area (Å²) in [5.41, 5.74) is 0.930. The normalized spacial score (nSPS) is 15.3. The summed E-state index contributed by atoms with van der Waals surface area (Å²) in [6.45, 7) is 4.01. The van der Waals surface area contributed by atoms with Crippen LogP contribution in [0.4, 0.5) is 5.95 Å². The lowest BCUT2D eigenvalue weighted by atomic mass is 10.00. The number of H-pyrrole nitrogens is 1. The van der Waals surface area contributed by atoms with Crippen LogP contribution in [-0.4, -0.2) is 39.7 Å². The molecule has 0 bridgehead atoms. The molecule has 7 nitrogen and oxygen atoms in total. The highest BCUT2D eigenvalue weighted by atomic mass is 32.1. The number of nitrogens with one attached hydrogen (secondary N) is 1. The van der Waals surface area contributed by atoms with E-state index in [1.54, 1.807) is 18.0 Å². The molecule has 140 valence electrons. The molecule has 2 aromatic heterocycles. The van der Waals surface area contributed by atoms with Crippen molar-refractivity contribution in [1.82, 2.24) is 19.5 Å². The smallest absolute Gasteiger partial charge is 0.264 e. The Bertz CT molecular complexity index is 1080. The number of piperidine rings is 1. The van der Waals surface area contributed by atoms with Gasteiger partial charge in [-0.2, -0.15) is 4.98 Å². The van der Waals surface area contributed by atoms with Gasteiger partial charge in [0.25, 0.3) is 5.56 Å². The van der Waals surface area contributed by atoms with Gasteiger partial charge >= 0.3 is 0 Å². The molecule has 0 amide bonds. The number of anilines is 1. The number of fused-ring (bicyclic) bond motifs is 1. The van der Waals surface area contributed by atoms with Gasteiger partial charge in [-0.1, -0.05) is 19.1 Å². The van der Waals surface area contributed by atoms with Crippen LogP contribution in [0.25, 0.3) is 16.7 Å². The number of rotatable bonds is 3. The van der Waals surface area contributed by atoms with Crippen LogP contribution < -0.4 is 15.2 Å². The van der Waals surface area contributed by atoms with Gasteiger partial charge < -0.3 is 9.64 Å². The van der Waals surface area contributed by atoms with Crippen molar-refractivity contribution in [2.24, 2.45) is 5.92 Å². The summed E-state index contributed by atoms with van der Waals surface area (Å²) in [7, 11) is 1.62. The Kier molecular flexibility index (Phi) is 4.65. The topological polar surface area (TPSA) is 76.0 Å². The van der Waals surface area contributed by atoms with E-state index in [1.165, 1.54) is 0 Å². The molecule has 3 aromatic rings. The molecule has 1 fully saturated rings. The molecule has 1 aliphatic heterocycles. The van der Waals surface area contributed by atoms with Gasteiger partial charge in [-0.05, 0) is 43.0 Å². The average molecular weight is 383 g/mol. The Morgan fingerprint density at radius 1 is 1.22 bits per heavy atom. The van der Waals surface area contributed by atoms with Crippen LogP contribution >= 0.6 is 12.2 Å². The minimum atomic E-state index is -0.256. The molecule has 8 heteroatoms. The predicted octanol–water partition coefficient (Wildman–Crippen LogP) is 3.08. The minimum Gasteiger partial charge on any atom is -0.497 e. The Morgan fingerprint density at radius 3 is 2.59 bits per heavy atom. The van der Waals surface area contributed by atoms with Crippen LogP contribution in [0.2, 0.25) is 0 Å². The predicted molar refractivity (Wildman–Crippen MR) is 107 cm³/mol. The van der Waals surface area contributed by atoms with Gasteiger partial charge in [0.05, 0.1) is 7.11 Å². The first-order chi connectivity index (χ1) is 13.1. The molecule has 3 heterocycles. The van der Waals surface area contributed by atoms with E-state index in [-0.39, 0.29) is 5.56 Å². The largest absolute Gasteiger partial charge is 0.497 e. The summed E-state index contributed by atoms with van der Waals surface area (Å²) >= 11 is 5.56. The summed E-state index contributed by atoms with van der Waals surface area (Å²) in [4.78, 5) is 26.7. The molecule has 1 aliphatic rings. The molecule has 0 atom stereocenters. The minimum absolute atomic E-state index is 0.256. The third-order valence-electron chi connectivity index (χ3n) is 5.05. The molecule has 0 saturated carbocycles. The fourth-order valence-electron chi connectivity index (χ4n) is 3.32. The molecule has 4 rings (SSSR count). The molecule has 0 unspecified atom stereocenters. The van der Waals surface area contributed by atoms with E-state index in [4.69, 9.17) is 17.0 Å². The molecule has 1 saturated heterocycles. The lowest BCUT2D eigenvalue weighted by Gasteiger charge is -2.30. The maximum Gasteiger partial charge on any atom is 0.264 e. The average Bonchev–Trinajstić information content (AvgIpc) is 2.68. The Morgan fingerprint density at radius 2 is 1.93 bits per heavy atom. The van der Waals surface area contributed by atoms with Crippen LogP contribution in [0, 0.1) is 10.6 Å². The number of methoxy groups -OCH3 is 1. The number of nitrogens with zero attached hydrogens (tertiary/aromatic N) is 4. The van der Waals surface area contributed by atoms with Crippen LogP contribution in [0.3, 0.4) is 0 Å². The number of hydrogen-bond donors (Lipinski definition) is 1. The van der Waals surface area contributed by atoms with Crippen molar-refractivity contribution in [3.8, 4) is 11.4 Å². The third kappa shape index (κ3) is 3.32. The first-order valence-electron chi connectivity index (χ1n) is 8.98. The van der Waals surface area contributed by atoms with E-state index in [9.17, 15) is 4.79 Å². The van der Waals surface area contributed by atoms with Gasteiger partial charge in [-0.25, -0.2) is 4.98 Å². The zero-order valence-corrected chi connectivity index (χ0v) is 16.1. The van der Waals surface area contributed by atoms with Crippen LogP contribution in [0.5, 0.6) is 5.75 Å². The first-order valence-corrected chi connectivity index (χ1v) is 9.38. The maximum atomic E-state index is 12.7. The second-order valence-corrected chi connectivity index (χ2v) is 7.26. The number of aromatic amines is 1. The zero-order valence-electron chi connectivity index (χ0n) is 15.3. The SMILES string of the molecule is COc1ccc(-n2cnc3nc(N4CCC(C)CC4)[nH]c(=O)c3c2=S)cc1. The van der Waals surface area contributed by atoms with Crippen molar-refractivity contribution in [3.63, 3.8) is 0 Å². The van der Waals surface area contributed by atoms with Crippen molar-refractivity contribution in [2.75, 3.05) is 25.1 Å². The quantitative estimate of drug-likeness (QED) is 0.701. The Labute approximate surface area is 161 Å². The molecule has 0 radical (unpaired) electrons. The van der Waals surface area contributed by atoms with Crippen molar-refractivity contribution in [3.05, 3.63) is 45.6 Å². The summed E-state index contributed by atoms with van der Waals surface area (Å²) in [5, 5.41) is 0.331. The van der Waals surface area contributed by atoms with Crippen molar-refractivity contribution in [2.45, 2.75) is 19.8 Å². The van der Waals surface area contributed by atoms with E-state index in [0.717, 1.165) is 37.4 Å². The fourth-order valence-corrected chi connectivity index (χ4v) is 3.65. The Balaban J connectivity index is 1.77. The highest BCUT2D eigenvalue weighted by molar-refractivity contribution is 7.71. The monoisotopic (exact) mass is 383 g/mol. The van der Waals surface area contributed by atoms with Gasteiger partial charge in [-0.15, -0.1) is 0 Å². The van der Waals surface area contributed by atoms with Gasteiger partial charge in [0.2, 0.25) is 5.95 Å². The zero-order chi connectivity index (χ0) is 19.0. The molecule has 27 heavy (non-hydrogen) atoms. The summed E-state index contributed by atoms with van der Waals surface area (Å²) in [5.74, 6) is 2.02. The highest BCUT2D eigenvalue weighted by Gasteiger charge is 2.19. The van der Waals surface area contributed by atoms with Crippen molar-refractivity contribution < 1.29 is 4.74 Å². The number of ether oxygens (including phenoxy) is 1. The van der Waals surface area contributed by atoms with E-state index in [2.05, 4.69) is 26.8 Å². The summed E-state index contributed by atoms with van der Waals surface area (Å²) in [6, 6.07) is 7.41. The number of aromatic nitrogens is 4. The van der Waals surface area contributed by atoms with E-state index < -0.39 is 0 Å². The molecule has 1 N–H and O–H groups in total. The standard InChI is InChI=1S/C19H21N5O2S/c1-12-7-9-23(10-8-12)19-21-16-15(17(25)22-19)18(27)24(11-20-16)13-3-5-14(26-2)6-4-13/h3-6,11-12H,7-10H2,1-2H3,(H,21,22,25). The van der Waals surface area contributed by atoms with E-state index >= 15 is 0 Å². The molecule has 1 aromatic carbocycles. The molecular weight excluding hydrogens is 362 g/mol. The second kappa shape index (κ2) is 7.11. The summed E-state index contributed by atoms with van der Waals surface area (Å²) < 4.78 is 7.27.